The first kappa shape index (κ1) is 12.2. The Morgan fingerprint density at radius 2 is 1.94 bits per heavy atom. The van der Waals surface area contributed by atoms with Gasteiger partial charge in [0.05, 0.1) is 0 Å². The third-order valence-corrected chi connectivity index (χ3v) is 3.59. The van der Waals surface area contributed by atoms with Gasteiger partial charge in [0.25, 0.3) is 5.91 Å². The highest BCUT2D eigenvalue weighted by Crippen LogP contribution is 2.23. The fourth-order valence-corrected chi connectivity index (χ4v) is 2.54. The third-order valence-electron chi connectivity index (χ3n) is 3.59. The summed E-state index contributed by atoms with van der Waals surface area (Å²) in [4.78, 5) is 12.0. The minimum absolute atomic E-state index is 0.0732. The number of carbonyl (C=O) groups excluding carboxylic acids is 1. The van der Waals surface area contributed by atoms with Crippen LogP contribution in [0.4, 0.5) is 0 Å². The molecule has 0 aromatic heterocycles. The van der Waals surface area contributed by atoms with Gasteiger partial charge in [-0.1, -0.05) is 37.5 Å². The van der Waals surface area contributed by atoms with Gasteiger partial charge in [-0.25, -0.2) is 0 Å². The van der Waals surface area contributed by atoms with Gasteiger partial charge in [-0.15, -0.1) is 0 Å². The molecule has 1 aromatic rings. The number of nitrogens with one attached hydrogen (secondary N) is 1. The standard InChI is InChI=1S/C15H21NO/c1-11-6-8-13(9-7-11)15(17)16-14-5-3-4-12(2)10-14/h6-9,12,14H,3-5,10H2,1-2H3,(H,16,17)/t12-,14+/m1/s1. The fourth-order valence-electron chi connectivity index (χ4n) is 2.54. The van der Waals surface area contributed by atoms with Crippen LogP contribution >= 0.6 is 0 Å². The van der Waals surface area contributed by atoms with E-state index in [1.54, 1.807) is 0 Å². The second-order valence-electron chi connectivity index (χ2n) is 5.31. The summed E-state index contributed by atoms with van der Waals surface area (Å²) in [5.74, 6) is 0.816. The van der Waals surface area contributed by atoms with Gasteiger partial charge in [0.15, 0.2) is 0 Å². The second-order valence-corrected chi connectivity index (χ2v) is 5.31. The molecule has 17 heavy (non-hydrogen) atoms. The van der Waals surface area contributed by atoms with Gasteiger partial charge in [0, 0.05) is 11.6 Å². The minimum atomic E-state index is 0.0732. The van der Waals surface area contributed by atoms with E-state index < -0.39 is 0 Å². The lowest BCUT2D eigenvalue weighted by molar-refractivity contribution is 0.0921. The van der Waals surface area contributed by atoms with E-state index in [-0.39, 0.29) is 5.91 Å². The van der Waals surface area contributed by atoms with E-state index in [1.807, 2.05) is 31.2 Å². The smallest absolute Gasteiger partial charge is 0.251 e. The van der Waals surface area contributed by atoms with Gasteiger partial charge < -0.3 is 5.32 Å². The first-order valence-electron chi connectivity index (χ1n) is 6.52. The summed E-state index contributed by atoms with van der Waals surface area (Å²) in [7, 11) is 0. The zero-order valence-corrected chi connectivity index (χ0v) is 10.7. The maximum atomic E-state index is 12.0. The van der Waals surface area contributed by atoms with Crippen LogP contribution in [0, 0.1) is 12.8 Å². The van der Waals surface area contributed by atoms with Crippen molar-refractivity contribution in [2.75, 3.05) is 0 Å². The van der Waals surface area contributed by atoms with Gasteiger partial charge in [0.1, 0.15) is 0 Å². The van der Waals surface area contributed by atoms with Crippen LogP contribution in [0.25, 0.3) is 0 Å². The zero-order valence-electron chi connectivity index (χ0n) is 10.7. The summed E-state index contributed by atoms with van der Waals surface area (Å²) in [5, 5.41) is 3.15. The molecule has 1 N–H and O–H groups in total. The van der Waals surface area contributed by atoms with Gasteiger partial charge in [-0.05, 0) is 37.8 Å². The van der Waals surface area contributed by atoms with Crippen molar-refractivity contribution in [2.24, 2.45) is 5.92 Å². The number of amides is 1. The predicted octanol–water partition coefficient (Wildman–Crippen LogP) is 3.30. The number of hydrogen-bond acceptors (Lipinski definition) is 1. The van der Waals surface area contributed by atoms with E-state index in [0.717, 1.165) is 24.3 Å². The van der Waals surface area contributed by atoms with Crippen LogP contribution in [0.5, 0.6) is 0 Å². The van der Waals surface area contributed by atoms with E-state index in [1.165, 1.54) is 18.4 Å². The molecule has 1 amide bonds. The summed E-state index contributed by atoms with van der Waals surface area (Å²) in [6, 6.07) is 8.14. The van der Waals surface area contributed by atoms with Crippen LogP contribution in [-0.4, -0.2) is 11.9 Å². The quantitative estimate of drug-likeness (QED) is 0.831. The van der Waals surface area contributed by atoms with E-state index >= 15 is 0 Å². The van der Waals surface area contributed by atoms with Crippen LogP contribution in [0.1, 0.15) is 48.5 Å². The molecule has 0 spiro atoms. The lowest BCUT2D eigenvalue weighted by Crippen LogP contribution is -2.37. The Kier molecular flexibility index (Phi) is 3.82. The molecule has 0 unspecified atom stereocenters. The van der Waals surface area contributed by atoms with Crippen LogP contribution in [0.3, 0.4) is 0 Å². The molecule has 1 aliphatic carbocycles. The highest BCUT2D eigenvalue weighted by Gasteiger charge is 2.20. The number of carbonyl (C=O) groups is 1. The Balaban J connectivity index is 1.94. The molecule has 1 aliphatic rings. The van der Waals surface area contributed by atoms with Crippen LogP contribution in [-0.2, 0) is 0 Å². The maximum absolute atomic E-state index is 12.0. The molecule has 92 valence electrons. The van der Waals surface area contributed by atoms with Crippen molar-refractivity contribution in [1.82, 2.24) is 5.32 Å². The Bertz CT molecular complexity index is 382. The average molecular weight is 231 g/mol. The molecular formula is C15H21NO. The lowest BCUT2D eigenvalue weighted by Gasteiger charge is -2.27. The number of aryl methyl sites for hydroxylation is 1. The summed E-state index contributed by atoms with van der Waals surface area (Å²) in [5.41, 5.74) is 1.96. The zero-order chi connectivity index (χ0) is 12.3. The highest BCUT2D eigenvalue weighted by atomic mass is 16.1. The molecular weight excluding hydrogens is 210 g/mol. The van der Waals surface area contributed by atoms with Crippen molar-refractivity contribution in [3.05, 3.63) is 35.4 Å². The first-order chi connectivity index (χ1) is 8.15. The van der Waals surface area contributed by atoms with Crippen molar-refractivity contribution < 1.29 is 4.79 Å². The van der Waals surface area contributed by atoms with Crippen molar-refractivity contribution in [3.63, 3.8) is 0 Å². The molecule has 2 atom stereocenters. The monoisotopic (exact) mass is 231 g/mol. The van der Waals surface area contributed by atoms with Gasteiger partial charge in [-0.3, -0.25) is 4.79 Å². The second kappa shape index (κ2) is 5.35. The van der Waals surface area contributed by atoms with Crippen molar-refractivity contribution in [3.8, 4) is 0 Å². The van der Waals surface area contributed by atoms with Crippen molar-refractivity contribution >= 4 is 5.91 Å². The molecule has 0 saturated heterocycles. The third kappa shape index (κ3) is 3.32. The molecule has 1 fully saturated rings. The molecule has 1 aromatic carbocycles. The van der Waals surface area contributed by atoms with Gasteiger partial charge in [0.2, 0.25) is 0 Å². The van der Waals surface area contributed by atoms with E-state index in [9.17, 15) is 4.79 Å². The molecule has 0 heterocycles. The summed E-state index contributed by atoms with van der Waals surface area (Å²) in [6.45, 7) is 4.30. The fraction of sp³-hybridized carbons (Fsp3) is 0.533. The average Bonchev–Trinajstić information content (AvgIpc) is 2.29. The highest BCUT2D eigenvalue weighted by molar-refractivity contribution is 5.94. The van der Waals surface area contributed by atoms with Crippen LogP contribution < -0.4 is 5.32 Å². The molecule has 0 bridgehead atoms. The van der Waals surface area contributed by atoms with Crippen molar-refractivity contribution in [1.29, 1.82) is 0 Å². The molecule has 2 rings (SSSR count). The Morgan fingerprint density at radius 3 is 2.59 bits per heavy atom. The largest absolute Gasteiger partial charge is 0.349 e. The number of rotatable bonds is 2. The van der Waals surface area contributed by atoms with E-state index in [0.29, 0.717) is 6.04 Å². The minimum Gasteiger partial charge on any atom is -0.349 e. The van der Waals surface area contributed by atoms with Gasteiger partial charge in [-0.2, -0.15) is 0 Å². The topological polar surface area (TPSA) is 29.1 Å². The number of hydrogen-bond donors (Lipinski definition) is 1. The molecule has 0 radical (unpaired) electrons. The van der Waals surface area contributed by atoms with E-state index in [2.05, 4.69) is 12.2 Å². The predicted molar refractivity (Wildman–Crippen MR) is 70.1 cm³/mol. The SMILES string of the molecule is Cc1ccc(C(=O)N[C@H]2CCC[C@@H](C)C2)cc1. The molecule has 2 heteroatoms. The molecule has 1 saturated carbocycles. The Labute approximate surface area is 103 Å². The van der Waals surface area contributed by atoms with Crippen molar-refractivity contribution in [2.45, 2.75) is 45.6 Å². The summed E-state index contributed by atoms with van der Waals surface area (Å²) in [6.07, 6.45) is 4.79. The number of benzene rings is 1. The first-order valence-corrected chi connectivity index (χ1v) is 6.52. The van der Waals surface area contributed by atoms with E-state index in [4.69, 9.17) is 0 Å². The normalized spacial score (nSPS) is 24.4. The Hall–Kier alpha value is -1.31. The maximum Gasteiger partial charge on any atom is 0.251 e. The molecule has 0 aliphatic heterocycles. The van der Waals surface area contributed by atoms with Crippen LogP contribution in [0.15, 0.2) is 24.3 Å². The molecule has 2 nitrogen and oxygen atoms in total. The summed E-state index contributed by atoms with van der Waals surface area (Å²) >= 11 is 0. The summed E-state index contributed by atoms with van der Waals surface area (Å²) < 4.78 is 0. The van der Waals surface area contributed by atoms with Gasteiger partial charge >= 0.3 is 0 Å². The lowest BCUT2D eigenvalue weighted by atomic mass is 9.87. The van der Waals surface area contributed by atoms with Crippen LogP contribution in [0.2, 0.25) is 0 Å². The Morgan fingerprint density at radius 1 is 1.24 bits per heavy atom.